The molecule has 1 saturated heterocycles. The maximum atomic E-state index is 11.5. The minimum Gasteiger partial charge on any atom is -0.381 e. The first-order chi connectivity index (χ1) is 9.22. The predicted molar refractivity (Wildman–Crippen MR) is 73.4 cm³/mol. The highest BCUT2D eigenvalue weighted by Crippen LogP contribution is 2.16. The summed E-state index contributed by atoms with van der Waals surface area (Å²) in [5.41, 5.74) is 3.90. The fourth-order valence-corrected chi connectivity index (χ4v) is 2.46. The molecule has 104 valence electrons. The number of nitrogens with one attached hydrogen (secondary N) is 1. The number of piperidine rings is 1. The van der Waals surface area contributed by atoms with E-state index >= 15 is 0 Å². The zero-order chi connectivity index (χ0) is 13.7. The first-order valence-electron chi connectivity index (χ1n) is 6.58. The standard InChI is InChI=1S/C14H21N3O2/c1-19-13-5-7-17(8-6-13)10-11-3-2-4-12(9-11)14(18)16-15/h2-4,9,13H,5-8,10,15H2,1H3,(H,16,18). The molecule has 5 heteroatoms. The lowest BCUT2D eigenvalue weighted by molar-refractivity contribution is 0.0388. The summed E-state index contributed by atoms with van der Waals surface area (Å²) >= 11 is 0. The summed E-state index contributed by atoms with van der Waals surface area (Å²) in [6, 6.07) is 7.59. The van der Waals surface area contributed by atoms with Crippen molar-refractivity contribution in [2.24, 2.45) is 5.84 Å². The lowest BCUT2D eigenvalue weighted by atomic mass is 10.1. The fourth-order valence-electron chi connectivity index (χ4n) is 2.46. The third-order valence-corrected chi connectivity index (χ3v) is 3.59. The molecule has 1 aliphatic heterocycles. The molecule has 1 heterocycles. The molecule has 2 rings (SSSR count). The molecule has 0 aliphatic carbocycles. The second kappa shape index (κ2) is 6.65. The highest BCUT2D eigenvalue weighted by atomic mass is 16.5. The van der Waals surface area contributed by atoms with Crippen molar-refractivity contribution in [3.8, 4) is 0 Å². The number of carbonyl (C=O) groups is 1. The highest BCUT2D eigenvalue weighted by molar-refractivity contribution is 5.93. The maximum absolute atomic E-state index is 11.5. The number of hydrogen-bond acceptors (Lipinski definition) is 4. The van der Waals surface area contributed by atoms with Crippen molar-refractivity contribution < 1.29 is 9.53 Å². The van der Waals surface area contributed by atoms with E-state index in [1.807, 2.05) is 18.2 Å². The lowest BCUT2D eigenvalue weighted by Crippen LogP contribution is -2.36. The summed E-state index contributed by atoms with van der Waals surface area (Å²) in [5.74, 6) is 4.90. The first kappa shape index (κ1) is 14.0. The number of hydrogen-bond donors (Lipinski definition) is 2. The quantitative estimate of drug-likeness (QED) is 0.481. The van der Waals surface area contributed by atoms with E-state index in [2.05, 4.69) is 10.3 Å². The number of nitrogens with two attached hydrogens (primary N) is 1. The van der Waals surface area contributed by atoms with Gasteiger partial charge < -0.3 is 4.74 Å². The second-order valence-electron chi connectivity index (χ2n) is 4.89. The number of methoxy groups -OCH3 is 1. The Labute approximate surface area is 113 Å². The first-order valence-corrected chi connectivity index (χ1v) is 6.58. The third kappa shape index (κ3) is 3.76. The van der Waals surface area contributed by atoms with Crippen LogP contribution in [-0.2, 0) is 11.3 Å². The van der Waals surface area contributed by atoms with Crippen LogP contribution >= 0.6 is 0 Å². The summed E-state index contributed by atoms with van der Waals surface area (Å²) in [5, 5.41) is 0. The number of likely N-dealkylation sites (tertiary alicyclic amines) is 1. The van der Waals surface area contributed by atoms with Gasteiger partial charge in [0.1, 0.15) is 0 Å². The van der Waals surface area contributed by atoms with Gasteiger partial charge in [-0.05, 0) is 30.5 Å². The largest absolute Gasteiger partial charge is 0.381 e. The molecule has 0 spiro atoms. The highest BCUT2D eigenvalue weighted by Gasteiger charge is 2.18. The predicted octanol–water partition coefficient (Wildman–Crippen LogP) is 0.901. The molecule has 1 aromatic rings. The van der Waals surface area contributed by atoms with E-state index in [1.54, 1.807) is 13.2 Å². The molecule has 1 aromatic carbocycles. The summed E-state index contributed by atoms with van der Waals surface area (Å²) in [7, 11) is 1.77. The smallest absolute Gasteiger partial charge is 0.265 e. The van der Waals surface area contributed by atoms with Crippen LogP contribution in [0.1, 0.15) is 28.8 Å². The van der Waals surface area contributed by atoms with Crippen LogP contribution in [0.25, 0.3) is 0 Å². The van der Waals surface area contributed by atoms with E-state index in [4.69, 9.17) is 10.6 Å². The van der Waals surface area contributed by atoms with E-state index < -0.39 is 0 Å². The van der Waals surface area contributed by atoms with Crippen LogP contribution in [0.3, 0.4) is 0 Å². The number of nitrogens with zero attached hydrogens (tertiary/aromatic N) is 1. The summed E-state index contributed by atoms with van der Waals surface area (Å²) in [6.07, 6.45) is 2.53. The number of ether oxygens (including phenoxy) is 1. The van der Waals surface area contributed by atoms with Crippen molar-refractivity contribution in [1.29, 1.82) is 0 Å². The summed E-state index contributed by atoms with van der Waals surface area (Å²) in [6.45, 7) is 2.93. The Morgan fingerprint density at radius 3 is 2.84 bits per heavy atom. The molecule has 0 unspecified atom stereocenters. The van der Waals surface area contributed by atoms with E-state index in [9.17, 15) is 4.79 Å². The Balaban J connectivity index is 1.94. The van der Waals surface area contributed by atoms with Crippen molar-refractivity contribution in [2.45, 2.75) is 25.5 Å². The third-order valence-electron chi connectivity index (χ3n) is 3.59. The van der Waals surface area contributed by atoms with Gasteiger partial charge in [0.15, 0.2) is 0 Å². The van der Waals surface area contributed by atoms with Gasteiger partial charge in [-0.3, -0.25) is 15.1 Å². The van der Waals surface area contributed by atoms with Crippen LogP contribution < -0.4 is 11.3 Å². The van der Waals surface area contributed by atoms with Gasteiger partial charge in [-0.15, -0.1) is 0 Å². The van der Waals surface area contributed by atoms with Gasteiger partial charge in [-0.2, -0.15) is 0 Å². The number of hydrazine groups is 1. The molecule has 0 radical (unpaired) electrons. The summed E-state index contributed by atoms with van der Waals surface area (Å²) in [4.78, 5) is 13.9. The molecule has 1 amide bonds. The number of rotatable bonds is 4. The Kier molecular flexibility index (Phi) is 4.90. The molecule has 3 N–H and O–H groups in total. The molecule has 19 heavy (non-hydrogen) atoms. The van der Waals surface area contributed by atoms with Gasteiger partial charge in [0.2, 0.25) is 0 Å². The molecule has 5 nitrogen and oxygen atoms in total. The number of nitrogen functional groups attached to an aromatic ring is 1. The number of benzene rings is 1. The fraction of sp³-hybridized carbons (Fsp3) is 0.500. The van der Waals surface area contributed by atoms with Crippen molar-refractivity contribution in [3.63, 3.8) is 0 Å². The molecule has 0 saturated carbocycles. The van der Waals surface area contributed by atoms with Crippen LogP contribution in [0.15, 0.2) is 24.3 Å². The topological polar surface area (TPSA) is 67.6 Å². The molecule has 1 aliphatic rings. The molecular weight excluding hydrogens is 242 g/mol. The molecule has 0 bridgehead atoms. The van der Waals surface area contributed by atoms with E-state index in [1.165, 1.54) is 0 Å². The minimum atomic E-state index is -0.250. The van der Waals surface area contributed by atoms with Crippen molar-refractivity contribution in [3.05, 3.63) is 35.4 Å². The van der Waals surface area contributed by atoms with Crippen molar-refractivity contribution in [1.82, 2.24) is 10.3 Å². The molecule has 1 fully saturated rings. The van der Waals surface area contributed by atoms with Gasteiger partial charge in [-0.25, -0.2) is 5.84 Å². The van der Waals surface area contributed by atoms with Gasteiger partial charge in [0, 0.05) is 32.3 Å². The summed E-state index contributed by atoms with van der Waals surface area (Å²) < 4.78 is 5.36. The van der Waals surface area contributed by atoms with Gasteiger partial charge in [0.25, 0.3) is 5.91 Å². The molecular formula is C14H21N3O2. The van der Waals surface area contributed by atoms with Crippen LogP contribution in [0, 0.1) is 0 Å². The Morgan fingerprint density at radius 1 is 1.47 bits per heavy atom. The normalized spacial score (nSPS) is 17.4. The van der Waals surface area contributed by atoms with Gasteiger partial charge in [0.05, 0.1) is 6.10 Å². The van der Waals surface area contributed by atoms with Crippen molar-refractivity contribution in [2.75, 3.05) is 20.2 Å². The maximum Gasteiger partial charge on any atom is 0.265 e. The van der Waals surface area contributed by atoms with Gasteiger partial charge >= 0.3 is 0 Å². The molecule has 0 atom stereocenters. The van der Waals surface area contributed by atoms with Crippen LogP contribution in [0.4, 0.5) is 0 Å². The number of carbonyl (C=O) groups excluding carboxylic acids is 1. The Morgan fingerprint density at radius 2 is 2.21 bits per heavy atom. The Hall–Kier alpha value is -1.43. The van der Waals surface area contributed by atoms with E-state index in [-0.39, 0.29) is 5.91 Å². The molecule has 0 aromatic heterocycles. The van der Waals surface area contributed by atoms with Crippen LogP contribution in [0.5, 0.6) is 0 Å². The van der Waals surface area contributed by atoms with E-state index in [0.717, 1.165) is 38.0 Å². The number of amides is 1. The minimum absolute atomic E-state index is 0.250. The van der Waals surface area contributed by atoms with Crippen molar-refractivity contribution >= 4 is 5.91 Å². The monoisotopic (exact) mass is 263 g/mol. The van der Waals surface area contributed by atoms with Crippen LogP contribution in [-0.4, -0.2) is 37.1 Å². The second-order valence-corrected chi connectivity index (χ2v) is 4.89. The average molecular weight is 263 g/mol. The van der Waals surface area contributed by atoms with Gasteiger partial charge in [-0.1, -0.05) is 12.1 Å². The Bertz CT molecular complexity index is 428. The zero-order valence-corrected chi connectivity index (χ0v) is 11.3. The average Bonchev–Trinajstić information content (AvgIpc) is 2.47. The lowest BCUT2D eigenvalue weighted by Gasteiger charge is -2.31. The van der Waals surface area contributed by atoms with Crippen LogP contribution in [0.2, 0.25) is 0 Å². The SMILES string of the molecule is COC1CCN(Cc2cccc(C(=O)NN)c2)CC1. The zero-order valence-electron chi connectivity index (χ0n) is 11.3. The van der Waals surface area contributed by atoms with E-state index in [0.29, 0.717) is 11.7 Å².